The lowest BCUT2D eigenvalue weighted by molar-refractivity contribution is 0.0696. The minimum atomic E-state index is -1.04. The van der Waals surface area contributed by atoms with Gasteiger partial charge in [0.15, 0.2) is 0 Å². The first-order valence-electron chi connectivity index (χ1n) is 6.40. The van der Waals surface area contributed by atoms with Crippen LogP contribution in [0.4, 0.5) is 4.39 Å². The number of aromatic carboxylic acids is 1. The van der Waals surface area contributed by atoms with Crippen LogP contribution in [0.15, 0.2) is 35.7 Å². The van der Waals surface area contributed by atoms with Crippen LogP contribution in [0.25, 0.3) is 0 Å². The number of benzene rings is 1. The first-order chi connectivity index (χ1) is 9.61. The van der Waals surface area contributed by atoms with E-state index in [0.717, 1.165) is 6.42 Å². The van der Waals surface area contributed by atoms with Crippen molar-refractivity contribution in [2.45, 2.75) is 25.9 Å². The minimum absolute atomic E-state index is 0.104. The fourth-order valence-corrected chi connectivity index (χ4v) is 2.90. The highest BCUT2D eigenvalue weighted by molar-refractivity contribution is 7.10. The van der Waals surface area contributed by atoms with E-state index in [1.807, 2.05) is 17.5 Å². The Morgan fingerprint density at radius 1 is 1.45 bits per heavy atom. The van der Waals surface area contributed by atoms with Crippen molar-refractivity contribution >= 4 is 17.3 Å². The quantitative estimate of drug-likeness (QED) is 0.851. The highest BCUT2D eigenvalue weighted by Crippen LogP contribution is 2.22. The zero-order valence-electron chi connectivity index (χ0n) is 11.1. The van der Waals surface area contributed by atoms with Crippen molar-refractivity contribution < 1.29 is 14.3 Å². The molecule has 5 heteroatoms. The number of hydrogen-bond donors (Lipinski definition) is 2. The Morgan fingerprint density at radius 2 is 2.25 bits per heavy atom. The predicted molar refractivity (Wildman–Crippen MR) is 77.6 cm³/mol. The number of carboxylic acid groups (broad SMARTS) is 1. The third kappa shape index (κ3) is 3.43. The molecule has 0 radical (unpaired) electrons. The molecule has 1 aromatic heterocycles. The van der Waals surface area contributed by atoms with E-state index >= 15 is 0 Å². The molecule has 2 aromatic rings. The molecule has 1 unspecified atom stereocenters. The first kappa shape index (κ1) is 14.7. The van der Waals surface area contributed by atoms with Crippen LogP contribution >= 0.6 is 11.3 Å². The standard InChI is InChI=1S/C15H16FNO2S/c1-2-13(14-4-3-7-20-14)17-9-11-8-10(15(18)19)5-6-12(11)16/h3-8,13,17H,2,9H2,1H3,(H,18,19). The third-order valence-electron chi connectivity index (χ3n) is 3.13. The maximum absolute atomic E-state index is 13.7. The summed E-state index contributed by atoms with van der Waals surface area (Å²) in [4.78, 5) is 12.1. The van der Waals surface area contributed by atoms with E-state index in [9.17, 15) is 9.18 Å². The Kier molecular flexibility index (Phi) is 4.87. The van der Waals surface area contributed by atoms with E-state index in [4.69, 9.17) is 5.11 Å². The molecule has 1 heterocycles. The Morgan fingerprint density at radius 3 is 2.85 bits per heavy atom. The van der Waals surface area contributed by atoms with Crippen LogP contribution in [0, 0.1) is 5.82 Å². The molecule has 1 aromatic carbocycles. The van der Waals surface area contributed by atoms with Gasteiger partial charge in [0.25, 0.3) is 0 Å². The van der Waals surface area contributed by atoms with Crippen LogP contribution in [0.3, 0.4) is 0 Å². The second-order valence-corrected chi connectivity index (χ2v) is 5.45. The molecule has 0 saturated heterocycles. The normalized spacial score (nSPS) is 12.3. The van der Waals surface area contributed by atoms with Gasteiger partial charge in [-0.15, -0.1) is 11.3 Å². The summed E-state index contributed by atoms with van der Waals surface area (Å²) in [7, 11) is 0. The number of carboxylic acids is 1. The van der Waals surface area contributed by atoms with E-state index < -0.39 is 5.97 Å². The lowest BCUT2D eigenvalue weighted by Crippen LogP contribution is -2.20. The maximum Gasteiger partial charge on any atom is 0.335 e. The molecular formula is C15H16FNO2S. The van der Waals surface area contributed by atoms with Crippen molar-refractivity contribution in [3.63, 3.8) is 0 Å². The van der Waals surface area contributed by atoms with E-state index in [-0.39, 0.29) is 17.4 Å². The van der Waals surface area contributed by atoms with Gasteiger partial charge in [0, 0.05) is 23.0 Å². The molecule has 0 aliphatic carbocycles. The monoisotopic (exact) mass is 293 g/mol. The molecule has 0 spiro atoms. The molecular weight excluding hydrogens is 277 g/mol. The first-order valence-corrected chi connectivity index (χ1v) is 7.28. The van der Waals surface area contributed by atoms with Gasteiger partial charge in [0.2, 0.25) is 0 Å². The molecule has 2 N–H and O–H groups in total. The number of halogens is 1. The molecule has 20 heavy (non-hydrogen) atoms. The van der Waals surface area contributed by atoms with Crippen LogP contribution < -0.4 is 5.32 Å². The van der Waals surface area contributed by atoms with E-state index in [0.29, 0.717) is 12.1 Å². The van der Waals surface area contributed by atoms with Crippen LogP contribution in [0.1, 0.15) is 40.2 Å². The van der Waals surface area contributed by atoms with Gasteiger partial charge in [-0.05, 0) is 36.1 Å². The molecule has 2 rings (SSSR count). The Balaban J connectivity index is 2.10. The second-order valence-electron chi connectivity index (χ2n) is 4.47. The molecule has 0 aliphatic rings. The molecule has 3 nitrogen and oxygen atoms in total. The molecule has 0 bridgehead atoms. The molecule has 0 saturated carbocycles. The number of carbonyl (C=O) groups is 1. The Labute approximate surface area is 121 Å². The van der Waals surface area contributed by atoms with Gasteiger partial charge in [0.05, 0.1) is 5.56 Å². The van der Waals surface area contributed by atoms with E-state index in [2.05, 4.69) is 12.2 Å². The van der Waals surface area contributed by atoms with Gasteiger partial charge in [0.1, 0.15) is 5.82 Å². The van der Waals surface area contributed by atoms with Crippen LogP contribution in [0.5, 0.6) is 0 Å². The minimum Gasteiger partial charge on any atom is -0.478 e. The molecule has 0 fully saturated rings. The second kappa shape index (κ2) is 6.63. The van der Waals surface area contributed by atoms with Gasteiger partial charge < -0.3 is 10.4 Å². The smallest absolute Gasteiger partial charge is 0.335 e. The zero-order chi connectivity index (χ0) is 14.5. The Hall–Kier alpha value is -1.72. The molecule has 1 atom stereocenters. The number of nitrogens with one attached hydrogen (secondary N) is 1. The summed E-state index contributed by atoms with van der Waals surface area (Å²) in [5.41, 5.74) is 0.479. The van der Waals surface area contributed by atoms with Gasteiger partial charge in [-0.25, -0.2) is 9.18 Å². The van der Waals surface area contributed by atoms with E-state index in [1.165, 1.54) is 23.1 Å². The number of rotatable bonds is 6. The largest absolute Gasteiger partial charge is 0.478 e. The Bertz CT molecular complexity index is 584. The van der Waals surface area contributed by atoms with Crippen LogP contribution in [0.2, 0.25) is 0 Å². The molecule has 106 valence electrons. The number of hydrogen-bond acceptors (Lipinski definition) is 3. The topological polar surface area (TPSA) is 49.3 Å². The summed E-state index contributed by atoms with van der Waals surface area (Å²) in [6.07, 6.45) is 0.890. The van der Waals surface area contributed by atoms with Gasteiger partial charge in [-0.2, -0.15) is 0 Å². The van der Waals surface area contributed by atoms with Crippen molar-refractivity contribution in [2.75, 3.05) is 0 Å². The SMILES string of the molecule is CCC(NCc1cc(C(=O)O)ccc1F)c1cccs1. The van der Waals surface area contributed by atoms with E-state index in [1.54, 1.807) is 11.3 Å². The summed E-state index contributed by atoms with van der Waals surface area (Å²) >= 11 is 1.65. The van der Waals surface area contributed by atoms with Crippen molar-refractivity contribution in [3.05, 3.63) is 57.5 Å². The molecule has 0 amide bonds. The summed E-state index contributed by atoms with van der Waals surface area (Å²) < 4.78 is 13.7. The highest BCUT2D eigenvalue weighted by atomic mass is 32.1. The van der Waals surface area contributed by atoms with Crippen LogP contribution in [-0.2, 0) is 6.54 Å². The summed E-state index contributed by atoms with van der Waals surface area (Å²) in [5.74, 6) is -1.43. The summed E-state index contributed by atoms with van der Waals surface area (Å²) in [5, 5.41) is 14.2. The average molecular weight is 293 g/mol. The zero-order valence-corrected chi connectivity index (χ0v) is 11.9. The fraction of sp³-hybridized carbons (Fsp3) is 0.267. The van der Waals surface area contributed by atoms with Crippen molar-refractivity contribution in [1.82, 2.24) is 5.32 Å². The summed E-state index contributed by atoms with van der Waals surface area (Å²) in [6.45, 7) is 2.37. The lowest BCUT2D eigenvalue weighted by Gasteiger charge is -2.16. The van der Waals surface area contributed by atoms with Gasteiger partial charge in [-0.1, -0.05) is 13.0 Å². The average Bonchev–Trinajstić information content (AvgIpc) is 2.95. The summed E-state index contributed by atoms with van der Waals surface area (Å²) in [6, 6.07) is 8.03. The molecule has 0 aliphatic heterocycles. The van der Waals surface area contributed by atoms with Crippen LogP contribution in [-0.4, -0.2) is 11.1 Å². The fourth-order valence-electron chi connectivity index (χ4n) is 2.01. The van der Waals surface area contributed by atoms with Crippen molar-refractivity contribution in [2.24, 2.45) is 0 Å². The van der Waals surface area contributed by atoms with Crippen molar-refractivity contribution in [1.29, 1.82) is 0 Å². The maximum atomic E-state index is 13.7. The third-order valence-corrected chi connectivity index (χ3v) is 4.11. The van der Waals surface area contributed by atoms with Gasteiger partial charge in [-0.3, -0.25) is 0 Å². The van der Waals surface area contributed by atoms with Crippen molar-refractivity contribution in [3.8, 4) is 0 Å². The van der Waals surface area contributed by atoms with Gasteiger partial charge >= 0.3 is 5.97 Å². The number of thiophene rings is 1. The lowest BCUT2D eigenvalue weighted by atomic mass is 10.1. The highest BCUT2D eigenvalue weighted by Gasteiger charge is 2.12. The predicted octanol–water partition coefficient (Wildman–Crippen LogP) is 3.83.